The summed E-state index contributed by atoms with van der Waals surface area (Å²) in [6.07, 6.45) is 6.34. The number of aryl methyl sites for hydroxylation is 1. The van der Waals surface area contributed by atoms with Crippen LogP contribution in [0.25, 0.3) is 11.4 Å². The van der Waals surface area contributed by atoms with Crippen LogP contribution in [0.5, 0.6) is 5.75 Å². The smallest absolute Gasteiger partial charge is 0.224 e. The predicted octanol–water partition coefficient (Wildman–Crippen LogP) is 2.41. The number of rotatable bonds is 5. The van der Waals surface area contributed by atoms with Crippen LogP contribution >= 0.6 is 0 Å². The van der Waals surface area contributed by atoms with Crippen LogP contribution in [0.3, 0.4) is 0 Å². The summed E-state index contributed by atoms with van der Waals surface area (Å²) in [6.45, 7) is 0.770. The van der Waals surface area contributed by atoms with Gasteiger partial charge in [-0.1, -0.05) is 18.2 Å². The van der Waals surface area contributed by atoms with Crippen LogP contribution in [0, 0.1) is 0 Å². The number of para-hydroxylation sites is 1. The summed E-state index contributed by atoms with van der Waals surface area (Å²) in [7, 11) is 1.62. The lowest BCUT2D eigenvalue weighted by molar-refractivity contribution is -0.121. The van der Waals surface area contributed by atoms with Gasteiger partial charge in [-0.15, -0.1) is 10.2 Å². The molecule has 0 spiro atoms. The minimum absolute atomic E-state index is 0.0136. The molecule has 0 saturated heterocycles. The van der Waals surface area contributed by atoms with Crippen LogP contribution in [-0.4, -0.2) is 38.8 Å². The molecule has 0 bridgehead atoms. The largest absolute Gasteiger partial charge is 0.496 e. The lowest BCUT2D eigenvalue weighted by Crippen LogP contribution is -2.36. The van der Waals surface area contributed by atoms with E-state index in [1.807, 2.05) is 36.4 Å². The van der Waals surface area contributed by atoms with Crippen molar-refractivity contribution in [2.24, 2.45) is 0 Å². The summed E-state index contributed by atoms with van der Waals surface area (Å²) in [5.41, 5.74) is 1.85. The quantitative estimate of drug-likeness (QED) is 0.738. The summed E-state index contributed by atoms with van der Waals surface area (Å²) in [5.74, 6) is 2.55. The van der Waals surface area contributed by atoms with Gasteiger partial charge in [-0.2, -0.15) is 0 Å². The van der Waals surface area contributed by atoms with E-state index < -0.39 is 0 Å². The maximum atomic E-state index is 12.6. The summed E-state index contributed by atoms with van der Waals surface area (Å²) in [6, 6.07) is 11.6. The van der Waals surface area contributed by atoms with E-state index in [1.54, 1.807) is 19.5 Å². The van der Waals surface area contributed by atoms with Crippen molar-refractivity contribution in [1.29, 1.82) is 0 Å². The Kier molecular flexibility index (Phi) is 5.32. The number of nitrogens with zero attached hydrogens (tertiary/aromatic N) is 4. The Bertz CT molecular complexity index is 954. The number of hydrogen-bond donors (Lipinski definition) is 1. The fourth-order valence-corrected chi connectivity index (χ4v) is 3.64. The van der Waals surface area contributed by atoms with Crippen molar-refractivity contribution >= 4 is 5.91 Å². The molecule has 3 aromatic rings. The van der Waals surface area contributed by atoms with Crippen molar-refractivity contribution in [2.75, 3.05) is 7.11 Å². The fourth-order valence-electron chi connectivity index (χ4n) is 3.64. The maximum absolute atomic E-state index is 12.6. The van der Waals surface area contributed by atoms with E-state index in [2.05, 4.69) is 25.1 Å². The zero-order valence-corrected chi connectivity index (χ0v) is 15.8. The Labute approximate surface area is 163 Å². The average Bonchev–Trinajstić information content (AvgIpc) is 3.04. The van der Waals surface area contributed by atoms with Crippen molar-refractivity contribution < 1.29 is 9.53 Å². The number of hydrogen-bond acceptors (Lipinski definition) is 5. The standard InChI is InChI=1S/C21H23N5O2/c1-28-18-7-3-2-5-15(18)13-20(27)23-17-8-9-19-24-25-21(26(19)12-10-17)16-6-4-11-22-14-16/h2-7,11,14,17H,8-10,12-13H2,1H3,(H,23,27). The molecule has 1 aromatic carbocycles. The third kappa shape index (κ3) is 3.88. The second-order valence-corrected chi connectivity index (χ2v) is 6.91. The van der Waals surface area contributed by atoms with Crippen molar-refractivity contribution in [2.45, 2.75) is 38.3 Å². The highest BCUT2D eigenvalue weighted by Gasteiger charge is 2.22. The zero-order chi connectivity index (χ0) is 19.3. The van der Waals surface area contributed by atoms with Crippen LogP contribution in [-0.2, 0) is 24.2 Å². The molecule has 1 aliphatic rings. The van der Waals surface area contributed by atoms with Gasteiger partial charge in [0.2, 0.25) is 5.91 Å². The average molecular weight is 377 g/mol. The molecular formula is C21H23N5O2. The molecule has 7 heteroatoms. The first-order valence-electron chi connectivity index (χ1n) is 9.48. The fraction of sp³-hybridized carbons (Fsp3) is 0.333. The molecule has 0 saturated carbocycles. The van der Waals surface area contributed by atoms with Gasteiger partial charge in [0.05, 0.1) is 13.5 Å². The van der Waals surface area contributed by atoms with Crippen LogP contribution in [0.1, 0.15) is 24.2 Å². The van der Waals surface area contributed by atoms with E-state index in [0.29, 0.717) is 6.42 Å². The predicted molar refractivity (Wildman–Crippen MR) is 105 cm³/mol. The Hall–Kier alpha value is -3.22. The van der Waals surface area contributed by atoms with Gasteiger partial charge in [-0.25, -0.2) is 0 Å². The number of methoxy groups -OCH3 is 1. The molecule has 28 heavy (non-hydrogen) atoms. The number of aromatic nitrogens is 4. The Morgan fingerprint density at radius 3 is 2.93 bits per heavy atom. The number of ether oxygens (including phenoxy) is 1. The molecule has 2 aromatic heterocycles. The topological polar surface area (TPSA) is 81.9 Å². The van der Waals surface area contributed by atoms with Crippen molar-refractivity contribution in [3.05, 3.63) is 60.2 Å². The lowest BCUT2D eigenvalue weighted by atomic mass is 10.1. The molecule has 1 N–H and O–H groups in total. The number of pyridine rings is 1. The third-order valence-electron chi connectivity index (χ3n) is 5.07. The first-order chi connectivity index (χ1) is 13.7. The highest BCUT2D eigenvalue weighted by atomic mass is 16.5. The van der Waals surface area contributed by atoms with Crippen LogP contribution in [0.4, 0.5) is 0 Å². The summed E-state index contributed by atoms with van der Waals surface area (Å²) in [5, 5.41) is 11.9. The molecular weight excluding hydrogens is 354 g/mol. The SMILES string of the molecule is COc1ccccc1CC(=O)NC1CCc2nnc(-c3cccnc3)n2CC1. The Morgan fingerprint density at radius 1 is 1.21 bits per heavy atom. The third-order valence-corrected chi connectivity index (χ3v) is 5.07. The van der Waals surface area contributed by atoms with Gasteiger partial charge >= 0.3 is 0 Å². The van der Waals surface area contributed by atoms with Gasteiger partial charge in [-0.3, -0.25) is 9.78 Å². The number of amides is 1. The van der Waals surface area contributed by atoms with E-state index >= 15 is 0 Å². The number of benzene rings is 1. The summed E-state index contributed by atoms with van der Waals surface area (Å²) >= 11 is 0. The minimum atomic E-state index is 0.0136. The van der Waals surface area contributed by atoms with E-state index in [0.717, 1.165) is 54.3 Å². The van der Waals surface area contributed by atoms with Crippen molar-refractivity contribution in [3.8, 4) is 17.1 Å². The van der Waals surface area contributed by atoms with E-state index in [9.17, 15) is 4.79 Å². The number of carbonyl (C=O) groups excluding carboxylic acids is 1. The van der Waals surface area contributed by atoms with Crippen molar-refractivity contribution in [3.63, 3.8) is 0 Å². The highest BCUT2D eigenvalue weighted by Crippen LogP contribution is 2.22. The molecule has 0 aliphatic carbocycles. The molecule has 0 radical (unpaired) electrons. The molecule has 4 rings (SSSR count). The molecule has 144 valence electrons. The van der Waals surface area contributed by atoms with E-state index in [4.69, 9.17) is 4.74 Å². The molecule has 1 amide bonds. The van der Waals surface area contributed by atoms with Crippen LogP contribution in [0.2, 0.25) is 0 Å². The first kappa shape index (κ1) is 18.2. The molecule has 1 aliphatic heterocycles. The summed E-state index contributed by atoms with van der Waals surface area (Å²) < 4.78 is 7.48. The van der Waals surface area contributed by atoms with Crippen LogP contribution in [0.15, 0.2) is 48.8 Å². The molecule has 3 heterocycles. The van der Waals surface area contributed by atoms with Gasteiger partial charge in [0, 0.05) is 42.5 Å². The van der Waals surface area contributed by atoms with Crippen LogP contribution < -0.4 is 10.1 Å². The van der Waals surface area contributed by atoms with Gasteiger partial charge in [0.1, 0.15) is 11.6 Å². The zero-order valence-electron chi connectivity index (χ0n) is 15.8. The molecule has 1 unspecified atom stereocenters. The first-order valence-corrected chi connectivity index (χ1v) is 9.48. The van der Waals surface area contributed by atoms with Gasteiger partial charge in [0.25, 0.3) is 0 Å². The molecule has 1 atom stereocenters. The normalized spacial score (nSPS) is 16.1. The van der Waals surface area contributed by atoms with E-state index in [-0.39, 0.29) is 11.9 Å². The summed E-state index contributed by atoms with van der Waals surface area (Å²) in [4.78, 5) is 16.7. The second kappa shape index (κ2) is 8.21. The molecule has 0 fully saturated rings. The Morgan fingerprint density at radius 2 is 2.11 bits per heavy atom. The number of fused-ring (bicyclic) bond motifs is 1. The van der Waals surface area contributed by atoms with Gasteiger partial charge in [0.15, 0.2) is 5.82 Å². The van der Waals surface area contributed by atoms with Gasteiger partial charge in [-0.05, 0) is 31.0 Å². The highest BCUT2D eigenvalue weighted by molar-refractivity contribution is 5.79. The number of nitrogens with one attached hydrogen (secondary N) is 1. The van der Waals surface area contributed by atoms with Crippen molar-refractivity contribution in [1.82, 2.24) is 25.1 Å². The van der Waals surface area contributed by atoms with E-state index in [1.165, 1.54) is 0 Å². The monoisotopic (exact) mass is 377 g/mol. The number of carbonyl (C=O) groups is 1. The lowest BCUT2D eigenvalue weighted by Gasteiger charge is -2.17. The van der Waals surface area contributed by atoms with Gasteiger partial charge < -0.3 is 14.6 Å². The second-order valence-electron chi connectivity index (χ2n) is 6.91. The minimum Gasteiger partial charge on any atom is -0.496 e. The Balaban J connectivity index is 1.41. The molecule has 7 nitrogen and oxygen atoms in total. The maximum Gasteiger partial charge on any atom is 0.224 e.